The molecule has 2 amide bonds. The standard InChI is InChI=1S/C17H23NO4/c1-12(10-19)8-13(2)16(20)18-15(11-22-17(18)21)9-14-6-4-3-5-7-14/h3-7,12-13,15,19H,8-11H2,1-2H3/t12-,13-,15+/m1/s1. The third-order valence-corrected chi connectivity index (χ3v) is 4.00. The van der Waals surface area contributed by atoms with Gasteiger partial charge in [-0.3, -0.25) is 4.79 Å². The zero-order valence-electron chi connectivity index (χ0n) is 13.1. The normalized spacial score (nSPS) is 20.6. The molecule has 1 fully saturated rings. The van der Waals surface area contributed by atoms with Crippen LogP contribution in [0, 0.1) is 11.8 Å². The number of amides is 2. The molecule has 0 saturated carbocycles. The van der Waals surface area contributed by atoms with Gasteiger partial charge in [-0.2, -0.15) is 0 Å². The molecule has 1 aromatic rings. The van der Waals surface area contributed by atoms with Gasteiger partial charge in [0.15, 0.2) is 0 Å². The lowest BCUT2D eigenvalue weighted by atomic mass is 9.96. The summed E-state index contributed by atoms with van der Waals surface area (Å²) in [5, 5.41) is 9.11. The van der Waals surface area contributed by atoms with Crippen molar-refractivity contribution < 1.29 is 19.4 Å². The average Bonchev–Trinajstić information content (AvgIpc) is 2.88. The summed E-state index contributed by atoms with van der Waals surface area (Å²) < 4.78 is 5.07. The summed E-state index contributed by atoms with van der Waals surface area (Å²) in [6, 6.07) is 9.50. The molecule has 1 saturated heterocycles. The molecule has 2 rings (SSSR count). The summed E-state index contributed by atoms with van der Waals surface area (Å²) in [5.74, 6) is -0.500. The van der Waals surface area contributed by atoms with Crippen molar-refractivity contribution in [1.82, 2.24) is 4.90 Å². The van der Waals surface area contributed by atoms with E-state index in [0.717, 1.165) is 5.56 Å². The Labute approximate surface area is 130 Å². The number of aliphatic hydroxyl groups is 1. The molecule has 1 heterocycles. The van der Waals surface area contributed by atoms with Gasteiger partial charge in [-0.05, 0) is 24.3 Å². The number of benzene rings is 1. The summed E-state index contributed by atoms with van der Waals surface area (Å²) >= 11 is 0. The lowest BCUT2D eigenvalue weighted by Gasteiger charge is -2.24. The largest absolute Gasteiger partial charge is 0.447 e. The Balaban J connectivity index is 2.05. The molecule has 0 aromatic heterocycles. The molecule has 0 unspecified atom stereocenters. The smallest absolute Gasteiger partial charge is 0.416 e. The SMILES string of the molecule is C[C@@H](CO)C[C@@H](C)C(=O)N1C(=O)OC[C@@H]1Cc1ccccc1. The first-order valence-corrected chi connectivity index (χ1v) is 7.67. The Kier molecular flexibility index (Phi) is 5.55. The first-order valence-electron chi connectivity index (χ1n) is 7.67. The van der Waals surface area contributed by atoms with Crippen LogP contribution in [0.1, 0.15) is 25.8 Å². The second-order valence-electron chi connectivity index (χ2n) is 6.05. The van der Waals surface area contributed by atoms with E-state index in [0.29, 0.717) is 12.8 Å². The van der Waals surface area contributed by atoms with Crippen molar-refractivity contribution in [2.24, 2.45) is 11.8 Å². The van der Waals surface area contributed by atoms with Gasteiger partial charge in [-0.1, -0.05) is 44.2 Å². The van der Waals surface area contributed by atoms with Gasteiger partial charge in [0.25, 0.3) is 0 Å². The molecule has 0 spiro atoms. The number of hydrogen-bond donors (Lipinski definition) is 1. The lowest BCUT2D eigenvalue weighted by Crippen LogP contribution is -2.43. The van der Waals surface area contributed by atoms with Gasteiger partial charge in [-0.25, -0.2) is 9.69 Å². The van der Waals surface area contributed by atoms with Crippen LogP contribution in [-0.2, 0) is 16.0 Å². The number of cyclic esters (lactones) is 1. The molecule has 5 heteroatoms. The Bertz CT molecular complexity index is 517. The fraction of sp³-hybridized carbons (Fsp3) is 0.529. The molecule has 1 aromatic carbocycles. The summed E-state index contributed by atoms with van der Waals surface area (Å²) in [5.41, 5.74) is 1.07. The van der Waals surface area contributed by atoms with Gasteiger partial charge < -0.3 is 9.84 Å². The number of rotatable bonds is 6. The van der Waals surface area contributed by atoms with E-state index >= 15 is 0 Å². The van der Waals surface area contributed by atoms with Crippen molar-refractivity contribution >= 4 is 12.0 Å². The monoisotopic (exact) mass is 305 g/mol. The average molecular weight is 305 g/mol. The van der Waals surface area contributed by atoms with Gasteiger partial charge in [-0.15, -0.1) is 0 Å². The maximum atomic E-state index is 12.6. The van der Waals surface area contributed by atoms with Crippen LogP contribution in [-0.4, -0.2) is 41.3 Å². The van der Waals surface area contributed by atoms with Crippen LogP contribution < -0.4 is 0 Å². The molecule has 120 valence electrons. The van der Waals surface area contributed by atoms with Gasteiger partial charge in [0.1, 0.15) is 6.61 Å². The van der Waals surface area contributed by atoms with E-state index in [1.807, 2.05) is 37.3 Å². The second-order valence-corrected chi connectivity index (χ2v) is 6.05. The van der Waals surface area contributed by atoms with Crippen LogP contribution in [0.25, 0.3) is 0 Å². The molecular weight excluding hydrogens is 282 g/mol. The van der Waals surface area contributed by atoms with Crippen LogP contribution >= 0.6 is 0 Å². The Morgan fingerprint density at radius 1 is 1.36 bits per heavy atom. The Morgan fingerprint density at radius 2 is 2.05 bits per heavy atom. The van der Waals surface area contributed by atoms with Gasteiger partial charge in [0, 0.05) is 12.5 Å². The van der Waals surface area contributed by atoms with Crippen molar-refractivity contribution in [1.29, 1.82) is 0 Å². The minimum atomic E-state index is -0.561. The minimum Gasteiger partial charge on any atom is -0.447 e. The fourth-order valence-electron chi connectivity index (χ4n) is 2.78. The molecule has 0 bridgehead atoms. The van der Waals surface area contributed by atoms with Crippen LogP contribution in [0.5, 0.6) is 0 Å². The maximum absolute atomic E-state index is 12.6. The number of hydrogen-bond acceptors (Lipinski definition) is 4. The van der Waals surface area contributed by atoms with E-state index in [1.165, 1.54) is 4.90 Å². The summed E-state index contributed by atoms with van der Waals surface area (Å²) in [7, 11) is 0. The van der Waals surface area contributed by atoms with Gasteiger partial charge in [0.2, 0.25) is 5.91 Å². The molecular formula is C17H23NO4. The van der Waals surface area contributed by atoms with Gasteiger partial charge in [0.05, 0.1) is 6.04 Å². The molecule has 5 nitrogen and oxygen atoms in total. The number of carbonyl (C=O) groups excluding carboxylic acids is 2. The summed E-state index contributed by atoms with van der Waals surface area (Å²) in [6.45, 7) is 3.95. The first kappa shape index (κ1) is 16.5. The highest BCUT2D eigenvalue weighted by atomic mass is 16.6. The van der Waals surface area contributed by atoms with E-state index in [1.54, 1.807) is 6.92 Å². The van der Waals surface area contributed by atoms with Crippen LogP contribution in [0.4, 0.5) is 4.79 Å². The predicted octanol–water partition coefficient (Wildman–Crippen LogP) is 2.23. The maximum Gasteiger partial charge on any atom is 0.416 e. The highest BCUT2D eigenvalue weighted by Gasteiger charge is 2.39. The van der Waals surface area contributed by atoms with Crippen molar-refractivity contribution in [3.63, 3.8) is 0 Å². The molecule has 0 radical (unpaired) electrons. The molecule has 3 atom stereocenters. The summed E-state index contributed by atoms with van der Waals surface area (Å²) in [4.78, 5) is 25.7. The number of aliphatic hydroxyl groups excluding tert-OH is 1. The molecule has 1 aliphatic rings. The third-order valence-electron chi connectivity index (χ3n) is 4.00. The minimum absolute atomic E-state index is 0.0325. The number of imide groups is 1. The van der Waals surface area contributed by atoms with E-state index in [4.69, 9.17) is 9.84 Å². The lowest BCUT2D eigenvalue weighted by molar-refractivity contribution is -0.133. The predicted molar refractivity (Wildman–Crippen MR) is 82.2 cm³/mol. The van der Waals surface area contributed by atoms with E-state index in [-0.39, 0.29) is 37.0 Å². The third kappa shape index (κ3) is 3.85. The highest BCUT2D eigenvalue weighted by molar-refractivity contribution is 5.94. The molecule has 0 aliphatic carbocycles. The zero-order valence-corrected chi connectivity index (χ0v) is 13.1. The second kappa shape index (κ2) is 7.40. The Hall–Kier alpha value is -1.88. The Morgan fingerprint density at radius 3 is 2.68 bits per heavy atom. The number of ether oxygens (including phenoxy) is 1. The van der Waals surface area contributed by atoms with Crippen molar-refractivity contribution in [3.8, 4) is 0 Å². The van der Waals surface area contributed by atoms with Crippen molar-refractivity contribution in [2.75, 3.05) is 13.2 Å². The number of nitrogens with zero attached hydrogens (tertiary/aromatic N) is 1. The van der Waals surface area contributed by atoms with Crippen LogP contribution in [0.15, 0.2) is 30.3 Å². The van der Waals surface area contributed by atoms with Crippen LogP contribution in [0.2, 0.25) is 0 Å². The van der Waals surface area contributed by atoms with Crippen molar-refractivity contribution in [3.05, 3.63) is 35.9 Å². The van der Waals surface area contributed by atoms with E-state index in [2.05, 4.69) is 0 Å². The number of carbonyl (C=O) groups is 2. The fourth-order valence-corrected chi connectivity index (χ4v) is 2.78. The zero-order chi connectivity index (χ0) is 16.1. The molecule has 1 N–H and O–H groups in total. The van der Waals surface area contributed by atoms with Crippen molar-refractivity contribution in [2.45, 2.75) is 32.7 Å². The van der Waals surface area contributed by atoms with Gasteiger partial charge >= 0.3 is 6.09 Å². The van der Waals surface area contributed by atoms with E-state index in [9.17, 15) is 9.59 Å². The quantitative estimate of drug-likeness (QED) is 0.875. The first-order chi connectivity index (χ1) is 10.5. The van der Waals surface area contributed by atoms with Crippen LogP contribution in [0.3, 0.4) is 0 Å². The molecule has 22 heavy (non-hydrogen) atoms. The highest BCUT2D eigenvalue weighted by Crippen LogP contribution is 2.22. The summed E-state index contributed by atoms with van der Waals surface area (Å²) in [6.07, 6.45) is 0.590. The topological polar surface area (TPSA) is 66.8 Å². The molecule has 1 aliphatic heterocycles. The van der Waals surface area contributed by atoms with E-state index < -0.39 is 6.09 Å².